The molecule has 1 saturated heterocycles. The van der Waals surface area contributed by atoms with Crippen LogP contribution in [-0.2, 0) is 12.0 Å². The van der Waals surface area contributed by atoms with E-state index in [2.05, 4.69) is 54.6 Å². The van der Waals surface area contributed by atoms with Crippen molar-refractivity contribution in [2.45, 2.75) is 51.5 Å². The zero-order valence-electron chi connectivity index (χ0n) is 15.2. The number of likely N-dealkylation sites (tertiary alicyclic amines) is 1. The van der Waals surface area contributed by atoms with Crippen molar-refractivity contribution in [3.63, 3.8) is 0 Å². The van der Waals surface area contributed by atoms with Crippen LogP contribution >= 0.6 is 0 Å². The molecule has 5 nitrogen and oxygen atoms in total. The number of carbonyl (C=O) groups excluding carboxylic acids is 1. The molecule has 3 rings (SSSR count). The highest BCUT2D eigenvalue weighted by atomic mass is 16.2. The van der Waals surface area contributed by atoms with Crippen molar-refractivity contribution in [2.24, 2.45) is 0 Å². The summed E-state index contributed by atoms with van der Waals surface area (Å²) in [6.45, 7) is 6.82. The number of hydrogen-bond donors (Lipinski definition) is 1. The molecule has 0 radical (unpaired) electrons. The van der Waals surface area contributed by atoms with Crippen molar-refractivity contribution < 1.29 is 4.79 Å². The Morgan fingerprint density at radius 3 is 2.76 bits per heavy atom. The molecule has 1 N–H and O–H groups in total. The van der Waals surface area contributed by atoms with Crippen molar-refractivity contribution in [2.75, 3.05) is 18.4 Å². The second-order valence-electron chi connectivity index (χ2n) is 7.14. The number of aryl methyl sites for hydroxylation is 1. The average molecular weight is 340 g/mol. The van der Waals surface area contributed by atoms with Gasteiger partial charge in [0.1, 0.15) is 5.82 Å². The van der Waals surface area contributed by atoms with Gasteiger partial charge in [-0.05, 0) is 36.7 Å². The SMILES string of the molecule is CCCn1nccc1NC(=O)N1CCCC(C)(c2ccccc2)CC1. The van der Waals surface area contributed by atoms with Crippen LogP contribution < -0.4 is 5.32 Å². The van der Waals surface area contributed by atoms with Gasteiger partial charge < -0.3 is 4.90 Å². The van der Waals surface area contributed by atoms with E-state index in [0.29, 0.717) is 0 Å². The lowest BCUT2D eigenvalue weighted by atomic mass is 9.76. The van der Waals surface area contributed by atoms with Crippen molar-refractivity contribution in [3.05, 3.63) is 48.2 Å². The van der Waals surface area contributed by atoms with E-state index >= 15 is 0 Å². The Kier molecular flexibility index (Phi) is 5.41. The minimum absolute atomic E-state index is 0.0184. The maximum absolute atomic E-state index is 12.7. The number of rotatable bonds is 4. The Morgan fingerprint density at radius 2 is 2.00 bits per heavy atom. The van der Waals surface area contributed by atoms with Gasteiger partial charge in [-0.3, -0.25) is 5.32 Å². The highest BCUT2D eigenvalue weighted by Gasteiger charge is 2.31. The first-order valence-corrected chi connectivity index (χ1v) is 9.26. The number of carbonyl (C=O) groups is 1. The normalized spacial score (nSPS) is 21.0. The van der Waals surface area contributed by atoms with E-state index in [0.717, 1.165) is 51.1 Å². The van der Waals surface area contributed by atoms with Gasteiger partial charge in [0, 0.05) is 25.7 Å². The number of amides is 2. The second kappa shape index (κ2) is 7.72. The molecule has 0 bridgehead atoms. The average Bonchev–Trinajstić information content (AvgIpc) is 2.95. The Bertz CT molecular complexity index is 697. The van der Waals surface area contributed by atoms with Crippen LogP contribution in [0.1, 0.15) is 45.1 Å². The summed E-state index contributed by atoms with van der Waals surface area (Å²) in [5, 5.41) is 7.30. The maximum Gasteiger partial charge on any atom is 0.322 e. The zero-order chi connectivity index (χ0) is 17.7. The zero-order valence-corrected chi connectivity index (χ0v) is 15.2. The third kappa shape index (κ3) is 4.03. The molecule has 0 saturated carbocycles. The minimum atomic E-state index is -0.0184. The molecule has 2 amide bonds. The molecular weight excluding hydrogens is 312 g/mol. The van der Waals surface area contributed by atoms with Crippen LogP contribution in [0.4, 0.5) is 10.6 Å². The lowest BCUT2D eigenvalue weighted by Crippen LogP contribution is -2.37. The second-order valence-corrected chi connectivity index (χ2v) is 7.14. The predicted molar refractivity (Wildman–Crippen MR) is 101 cm³/mol. The Hall–Kier alpha value is -2.30. The molecule has 134 valence electrons. The highest BCUT2D eigenvalue weighted by molar-refractivity contribution is 5.88. The standard InChI is InChI=1S/C20H28N4O/c1-3-14-24-18(10-13-21-24)22-19(25)23-15-7-11-20(2,12-16-23)17-8-5-4-6-9-17/h4-6,8-10,13H,3,7,11-12,14-16H2,1-2H3,(H,22,25). The Balaban J connectivity index is 1.64. The van der Waals surface area contributed by atoms with E-state index in [4.69, 9.17) is 0 Å². The maximum atomic E-state index is 12.7. The number of anilines is 1. The molecule has 2 aromatic rings. The summed E-state index contributed by atoms with van der Waals surface area (Å²) in [5.41, 5.74) is 1.51. The van der Waals surface area contributed by atoms with Gasteiger partial charge in [0.15, 0.2) is 0 Å². The monoisotopic (exact) mass is 340 g/mol. The number of nitrogens with zero attached hydrogens (tertiary/aromatic N) is 3. The molecule has 2 heterocycles. The fourth-order valence-electron chi connectivity index (χ4n) is 3.63. The molecule has 1 aromatic heterocycles. The summed E-state index contributed by atoms with van der Waals surface area (Å²) < 4.78 is 1.85. The van der Waals surface area contributed by atoms with Gasteiger partial charge in [-0.25, -0.2) is 9.48 Å². The summed E-state index contributed by atoms with van der Waals surface area (Å²) in [7, 11) is 0. The summed E-state index contributed by atoms with van der Waals surface area (Å²) in [5.74, 6) is 0.780. The first kappa shape index (κ1) is 17.5. The van der Waals surface area contributed by atoms with E-state index < -0.39 is 0 Å². The molecule has 1 aliphatic heterocycles. The minimum Gasteiger partial charge on any atom is -0.324 e. The number of nitrogens with one attached hydrogen (secondary N) is 1. The van der Waals surface area contributed by atoms with Crippen molar-refractivity contribution in [1.82, 2.24) is 14.7 Å². The molecular formula is C20H28N4O. The van der Waals surface area contributed by atoms with Gasteiger partial charge in [0.05, 0.1) is 6.20 Å². The largest absolute Gasteiger partial charge is 0.324 e. The fraction of sp³-hybridized carbons (Fsp3) is 0.500. The van der Waals surface area contributed by atoms with Gasteiger partial charge in [-0.2, -0.15) is 5.10 Å². The lowest BCUT2D eigenvalue weighted by molar-refractivity contribution is 0.212. The van der Waals surface area contributed by atoms with Crippen molar-refractivity contribution in [1.29, 1.82) is 0 Å². The van der Waals surface area contributed by atoms with Crippen LogP contribution in [-0.4, -0.2) is 33.8 Å². The number of urea groups is 1. The van der Waals surface area contributed by atoms with E-state index in [1.165, 1.54) is 5.56 Å². The van der Waals surface area contributed by atoms with Gasteiger partial charge in [0.2, 0.25) is 0 Å². The number of benzene rings is 1. The van der Waals surface area contributed by atoms with E-state index in [1.807, 2.05) is 15.6 Å². The van der Waals surface area contributed by atoms with E-state index in [1.54, 1.807) is 6.20 Å². The smallest absolute Gasteiger partial charge is 0.322 e. The fourth-order valence-corrected chi connectivity index (χ4v) is 3.63. The molecule has 0 spiro atoms. The van der Waals surface area contributed by atoms with E-state index in [9.17, 15) is 4.79 Å². The van der Waals surface area contributed by atoms with Gasteiger partial charge in [-0.15, -0.1) is 0 Å². The first-order valence-electron chi connectivity index (χ1n) is 9.26. The molecule has 1 unspecified atom stereocenters. The van der Waals surface area contributed by atoms with Crippen LogP contribution in [0.15, 0.2) is 42.6 Å². The molecule has 1 atom stereocenters. The number of hydrogen-bond acceptors (Lipinski definition) is 2. The summed E-state index contributed by atoms with van der Waals surface area (Å²) >= 11 is 0. The predicted octanol–water partition coefficient (Wildman–Crippen LogP) is 4.27. The molecule has 25 heavy (non-hydrogen) atoms. The topological polar surface area (TPSA) is 50.2 Å². The van der Waals surface area contributed by atoms with Gasteiger partial charge in [-0.1, -0.05) is 44.2 Å². The van der Waals surface area contributed by atoms with Crippen LogP contribution in [0, 0.1) is 0 Å². The molecule has 5 heteroatoms. The van der Waals surface area contributed by atoms with Crippen LogP contribution in [0.3, 0.4) is 0 Å². The lowest BCUT2D eigenvalue weighted by Gasteiger charge is -2.29. The third-order valence-electron chi connectivity index (χ3n) is 5.23. The molecule has 1 aliphatic rings. The third-order valence-corrected chi connectivity index (χ3v) is 5.23. The molecule has 1 fully saturated rings. The summed E-state index contributed by atoms with van der Waals surface area (Å²) in [4.78, 5) is 14.6. The van der Waals surface area contributed by atoms with Gasteiger partial charge in [0.25, 0.3) is 0 Å². The van der Waals surface area contributed by atoms with Crippen molar-refractivity contribution >= 4 is 11.8 Å². The Morgan fingerprint density at radius 1 is 1.20 bits per heavy atom. The highest BCUT2D eigenvalue weighted by Crippen LogP contribution is 2.34. The van der Waals surface area contributed by atoms with Crippen LogP contribution in [0.25, 0.3) is 0 Å². The quantitative estimate of drug-likeness (QED) is 0.903. The van der Waals surface area contributed by atoms with E-state index in [-0.39, 0.29) is 11.4 Å². The number of aromatic nitrogens is 2. The summed E-state index contributed by atoms with van der Waals surface area (Å²) in [6, 6.07) is 12.5. The molecule has 0 aliphatic carbocycles. The molecule has 1 aromatic carbocycles. The van der Waals surface area contributed by atoms with Gasteiger partial charge >= 0.3 is 6.03 Å². The first-order chi connectivity index (χ1) is 12.1. The summed E-state index contributed by atoms with van der Waals surface area (Å²) in [6.07, 6.45) is 5.84. The van der Waals surface area contributed by atoms with Crippen molar-refractivity contribution in [3.8, 4) is 0 Å². The van der Waals surface area contributed by atoms with Crippen LogP contribution in [0.2, 0.25) is 0 Å². The Labute approximate surface area is 150 Å². The van der Waals surface area contributed by atoms with Crippen LogP contribution in [0.5, 0.6) is 0 Å².